The number of nitrogens with one attached hydrogen (secondary N) is 2. The molecule has 3 rings (SSSR count). The maximum Gasteiger partial charge on any atom is 0.218 e. The number of aromatic nitrogens is 2. The van der Waals surface area contributed by atoms with Crippen molar-refractivity contribution in [1.82, 2.24) is 20.8 Å². The van der Waals surface area contributed by atoms with Gasteiger partial charge in [0.1, 0.15) is 11.9 Å². The van der Waals surface area contributed by atoms with Crippen LogP contribution in [0.25, 0.3) is 0 Å². The molecule has 2 N–H and O–H groups in total. The minimum absolute atomic E-state index is 0. The highest BCUT2D eigenvalue weighted by Crippen LogP contribution is 2.25. The van der Waals surface area contributed by atoms with Crippen LogP contribution in [-0.4, -0.2) is 29.3 Å². The molecule has 0 bridgehead atoms. The van der Waals surface area contributed by atoms with E-state index in [0.29, 0.717) is 19.2 Å². The SMILES string of the molecule is CCc1noc(CC)c1CNC(=NC)NCc1cccnc1OC1CCCC1.I. The van der Waals surface area contributed by atoms with Gasteiger partial charge in [0, 0.05) is 43.9 Å². The van der Waals surface area contributed by atoms with Gasteiger partial charge in [-0.3, -0.25) is 4.99 Å². The molecule has 0 unspecified atom stereocenters. The van der Waals surface area contributed by atoms with Gasteiger partial charge in [0.25, 0.3) is 0 Å². The quantitative estimate of drug-likeness (QED) is 0.316. The molecule has 2 aromatic rings. The first-order chi connectivity index (χ1) is 13.7. The van der Waals surface area contributed by atoms with Crippen molar-refractivity contribution in [3.05, 3.63) is 40.9 Å². The van der Waals surface area contributed by atoms with Crippen LogP contribution in [0.2, 0.25) is 0 Å². The highest BCUT2D eigenvalue weighted by Gasteiger charge is 2.19. The monoisotopic (exact) mass is 513 g/mol. The Morgan fingerprint density at radius 2 is 1.97 bits per heavy atom. The van der Waals surface area contributed by atoms with Crippen LogP contribution in [-0.2, 0) is 25.9 Å². The number of hydrogen-bond acceptors (Lipinski definition) is 5. The predicted molar refractivity (Wildman–Crippen MR) is 125 cm³/mol. The van der Waals surface area contributed by atoms with Crippen molar-refractivity contribution in [3.63, 3.8) is 0 Å². The molecule has 0 radical (unpaired) electrons. The Balaban J connectivity index is 0.00000300. The number of hydrogen-bond donors (Lipinski definition) is 2. The molecule has 0 spiro atoms. The summed E-state index contributed by atoms with van der Waals surface area (Å²) in [5, 5.41) is 10.9. The van der Waals surface area contributed by atoms with Crippen molar-refractivity contribution >= 4 is 29.9 Å². The summed E-state index contributed by atoms with van der Waals surface area (Å²) in [5.41, 5.74) is 3.16. The maximum absolute atomic E-state index is 6.12. The standard InChI is InChI=1S/C21H31N5O2.HI/c1-4-18-17(19(5-2)28-26-18)14-25-21(22-3)24-13-15-9-8-12-23-20(15)27-16-10-6-7-11-16;/h8-9,12,16H,4-7,10-11,13-14H2,1-3H3,(H2,22,24,25);1H. The van der Waals surface area contributed by atoms with Gasteiger partial charge in [0.05, 0.1) is 5.69 Å². The average molecular weight is 513 g/mol. The van der Waals surface area contributed by atoms with E-state index in [1.807, 2.05) is 12.1 Å². The van der Waals surface area contributed by atoms with Crippen molar-refractivity contribution in [1.29, 1.82) is 0 Å². The fourth-order valence-corrected chi connectivity index (χ4v) is 3.54. The third-order valence-corrected chi connectivity index (χ3v) is 5.14. The van der Waals surface area contributed by atoms with E-state index in [-0.39, 0.29) is 24.0 Å². The van der Waals surface area contributed by atoms with Crippen LogP contribution in [0.4, 0.5) is 0 Å². The normalized spacial score (nSPS) is 14.5. The summed E-state index contributed by atoms with van der Waals surface area (Å²) in [7, 11) is 1.77. The lowest BCUT2D eigenvalue weighted by atomic mass is 10.1. The third kappa shape index (κ3) is 6.32. The van der Waals surface area contributed by atoms with Crippen molar-refractivity contribution in [2.24, 2.45) is 4.99 Å². The lowest BCUT2D eigenvalue weighted by Gasteiger charge is -2.17. The molecule has 0 amide bonds. The molecule has 0 atom stereocenters. The fraction of sp³-hybridized carbons (Fsp3) is 0.571. The molecule has 7 nitrogen and oxygen atoms in total. The summed E-state index contributed by atoms with van der Waals surface area (Å²) in [6, 6.07) is 3.98. The van der Waals surface area contributed by atoms with Gasteiger partial charge in [-0.15, -0.1) is 24.0 Å². The summed E-state index contributed by atoms with van der Waals surface area (Å²) in [6.45, 7) is 5.39. The number of aryl methyl sites for hydroxylation is 2. The van der Waals surface area contributed by atoms with E-state index in [1.165, 1.54) is 12.8 Å². The van der Waals surface area contributed by atoms with Crippen LogP contribution < -0.4 is 15.4 Å². The summed E-state index contributed by atoms with van der Waals surface area (Å²) in [6.07, 6.45) is 8.46. The molecular formula is C21H32IN5O2. The molecule has 160 valence electrons. The van der Waals surface area contributed by atoms with E-state index in [9.17, 15) is 0 Å². The van der Waals surface area contributed by atoms with Crippen molar-refractivity contribution < 1.29 is 9.26 Å². The Bertz CT molecular complexity index is 766. The Morgan fingerprint density at radius 1 is 1.21 bits per heavy atom. The molecule has 2 aromatic heterocycles. The number of nitrogens with zero attached hydrogens (tertiary/aromatic N) is 3. The Labute approximate surface area is 190 Å². The van der Waals surface area contributed by atoms with Crippen molar-refractivity contribution in [3.8, 4) is 5.88 Å². The first-order valence-electron chi connectivity index (χ1n) is 10.3. The second-order valence-corrected chi connectivity index (χ2v) is 7.01. The smallest absolute Gasteiger partial charge is 0.218 e. The first-order valence-corrected chi connectivity index (χ1v) is 10.3. The zero-order valence-corrected chi connectivity index (χ0v) is 19.9. The largest absolute Gasteiger partial charge is 0.474 e. The molecule has 1 aliphatic rings. The fourth-order valence-electron chi connectivity index (χ4n) is 3.54. The van der Waals surface area contributed by atoms with Crippen LogP contribution in [0.1, 0.15) is 62.1 Å². The minimum atomic E-state index is 0. The Kier molecular flexibility index (Phi) is 9.69. The molecule has 0 aromatic carbocycles. The molecule has 1 aliphatic carbocycles. The Morgan fingerprint density at radius 3 is 2.66 bits per heavy atom. The zero-order valence-electron chi connectivity index (χ0n) is 17.5. The lowest BCUT2D eigenvalue weighted by Crippen LogP contribution is -2.36. The van der Waals surface area contributed by atoms with Crippen molar-refractivity contribution in [2.75, 3.05) is 7.05 Å². The zero-order chi connectivity index (χ0) is 19.8. The number of pyridine rings is 1. The minimum Gasteiger partial charge on any atom is -0.474 e. The van der Waals surface area contributed by atoms with E-state index in [4.69, 9.17) is 9.26 Å². The average Bonchev–Trinajstić information content (AvgIpc) is 3.38. The summed E-state index contributed by atoms with van der Waals surface area (Å²) in [5.74, 6) is 2.37. The van der Waals surface area contributed by atoms with Crippen LogP contribution in [0.3, 0.4) is 0 Å². The van der Waals surface area contributed by atoms with Crippen LogP contribution >= 0.6 is 24.0 Å². The van der Waals surface area contributed by atoms with Gasteiger partial charge in [-0.25, -0.2) is 4.98 Å². The number of halogens is 1. The summed E-state index contributed by atoms with van der Waals surface area (Å²) in [4.78, 5) is 8.76. The lowest BCUT2D eigenvalue weighted by molar-refractivity contribution is 0.199. The van der Waals surface area contributed by atoms with E-state index in [0.717, 1.165) is 60.1 Å². The molecule has 1 saturated carbocycles. The van der Waals surface area contributed by atoms with Crippen LogP contribution in [0.5, 0.6) is 5.88 Å². The molecule has 29 heavy (non-hydrogen) atoms. The van der Waals surface area contributed by atoms with Gasteiger partial charge in [0.15, 0.2) is 5.96 Å². The van der Waals surface area contributed by atoms with Gasteiger partial charge >= 0.3 is 0 Å². The van der Waals surface area contributed by atoms with E-state index < -0.39 is 0 Å². The van der Waals surface area contributed by atoms with Crippen molar-refractivity contribution in [2.45, 2.75) is 71.6 Å². The number of rotatable bonds is 8. The van der Waals surface area contributed by atoms with Crippen LogP contribution in [0, 0.1) is 0 Å². The second-order valence-electron chi connectivity index (χ2n) is 7.01. The molecule has 0 saturated heterocycles. The Hall–Kier alpha value is -1.84. The maximum atomic E-state index is 6.12. The van der Waals surface area contributed by atoms with E-state index >= 15 is 0 Å². The van der Waals surface area contributed by atoms with Gasteiger partial charge in [-0.1, -0.05) is 25.1 Å². The van der Waals surface area contributed by atoms with E-state index in [2.05, 4.69) is 39.6 Å². The highest BCUT2D eigenvalue weighted by molar-refractivity contribution is 14.0. The van der Waals surface area contributed by atoms with E-state index in [1.54, 1.807) is 13.2 Å². The van der Waals surface area contributed by atoms with Gasteiger partial charge in [0.2, 0.25) is 5.88 Å². The number of aliphatic imine (C=N–C) groups is 1. The highest BCUT2D eigenvalue weighted by atomic mass is 127. The number of ether oxygens (including phenoxy) is 1. The summed E-state index contributed by atoms with van der Waals surface area (Å²) < 4.78 is 11.6. The van der Waals surface area contributed by atoms with Gasteiger partial charge < -0.3 is 19.9 Å². The van der Waals surface area contributed by atoms with Gasteiger partial charge in [-0.05, 0) is 38.2 Å². The molecule has 2 heterocycles. The number of guanidine groups is 1. The van der Waals surface area contributed by atoms with Gasteiger partial charge in [-0.2, -0.15) is 0 Å². The molecular weight excluding hydrogens is 481 g/mol. The predicted octanol–water partition coefficient (Wildman–Crippen LogP) is 4.00. The second kappa shape index (κ2) is 12.0. The molecule has 1 fully saturated rings. The molecule has 0 aliphatic heterocycles. The van der Waals surface area contributed by atoms with Crippen LogP contribution in [0.15, 0.2) is 27.8 Å². The topological polar surface area (TPSA) is 84.6 Å². The molecule has 8 heteroatoms. The first kappa shape index (κ1) is 23.4. The third-order valence-electron chi connectivity index (χ3n) is 5.14. The summed E-state index contributed by atoms with van der Waals surface area (Å²) >= 11 is 0.